The second-order valence-corrected chi connectivity index (χ2v) is 11.4. The summed E-state index contributed by atoms with van der Waals surface area (Å²) in [5.41, 5.74) is 4.50. The Morgan fingerprint density at radius 2 is 1.89 bits per heavy atom. The number of hydrogen-bond acceptors (Lipinski definition) is 2. The van der Waals surface area contributed by atoms with E-state index in [1.54, 1.807) is 7.11 Å². The first-order chi connectivity index (χ1) is 8.27. The van der Waals surface area contributed by atoms with Crippen molar-refractivity contribution < 1.29 is 4.74 Å². The summed E-state index contributed by atoms with van der Waals surface area (Å²) in [6.07, 6.45) is 8.34. The lowest BCUT2D eigenvalue weighted by Gasteiger charge is -2.46. The van der Waals surface area contributed by atoms with Gasteiger partial charge in [-0.1, -0.05) is 39.6 Å². The molecule has 1 aliphatic heterocycles. The molecule has 0 atom stereocenters. The molecule has 0 N–H and O–H groups in total. The Labute approximate surface area is 111 Å². The lowest BCUT2D eigenvalue weighted by Crippen LogP contribution is -2.52. The van der Waals surface area contributed by atoms with Crippen molar-refractivity contribution in [1.29, 1.82) is 0 Å². The minimum atomic E-state index is -1.58. The van der Waals surface area contributed by atoms with Crippen molar-refractivity contribution in [1.82, 2.24) is 4.57 Å². The summed E-state index contributed by atoms with van der Waals surface area (Å²) in [5, 5.41) is 0.312. The van der Waals surface area contributed by atoms with Crippen molar-refractivity contribution >= 4 is 8.24 Å². The van der Waals surface area contributed by atoms with Gasteiger partial charge in [0.2, 0.25) is 0 Å². The summed E-state index contributed by atoms with van der Waals surface area (Å²) < 4.78 is 7.71. The fourth-order valence-electron chi connectivity index (χ4n) is 2.00. The summed E-state index contributed by atoms with van der Waals surface area (Å²) in [6, 6.07) is 1.27. The molecule has 0 saturated heterocycles. The molecule has 0 saturated carbocycles. The van der Waals surface area contributed by atoms with E-state index in [-0.39, 0.29) is 0 Å². The first kappa shape index (κ1) is 13.3. The molecule has 0 aromatic rings. The minimum Gasteiger partial charge on any atom is -0.497 e. The van der Waals surface area contributed by atoms with Crippen molar-refractivity contribution in [3.8, 4) is 0 Å². The third-order valence-electron chi connectivity index (χ3n) is 4.25. The van der Waals surface area contributed by atoms with Gasteiger partial charge in [-0.25, -0.2) is 0 Å². The Hall–Kier alpha value is -1.18. The number of allylic oxidation sites excluding steroid dienone is 1. The van der Waals surface area contributed by atoms with Crippen LogP contribution in [0.15, 0.2) is 41.5 Å². The average Bonchev–Trinajstić information content (AvgIpc) is 2.70. The molecule has 18 heavy (non-hydrogen) atoms. The Morgan fingerprint density at radius 3 is 2.44 bits per heavy atom. The highest BCUT2D eigenvalue weighted by molar-refractivity contribution is 6.78. The molecule has 0 aromatic heterocycles. The van der Waals surface area contributed by atoms with Crippen molar-refractivity contribution in [3.63, 3.8) is 0 Å². The molecular formula is C15H22NOSi. The first-order valence-corrected chi connectivity index (χ1v) is 9.29. The van der Waals surface area contributed by atoms with Gasteiger partial charge >= 0.3 is 0 Å². The minimum absolute atomic E-state index is 0.312. The van der Waals surface area contributed by atoms with E-state index < -0.39 is 8.24 Å². The highest BCUT2D eigenvalue weighted by Crippen LogP contribution is 2.44. The standard InChI is InChI=1S/C15H22NOSi/c1-15(2,3)18(5,6)16-10-9-12-11-13(17-4)7-8-14(12)16/h7-8,10-11H,1-6H3. The summed E-state index contributed by atoms with van der Waals surface area (Å²) >= 11 is 0. The van der Waals surface area contributed by atoms with E-state index in [1.165, 1.54) is 6.04 Å². The van der Waals surface area contributed by atoms with Gasteiger partial charge in [0.15, 0.2) is 8.24 Å². The van der Waals surface area contributed by atoms with E-state index >= 15 is 0 Å². The maximum Gasteiger partial charge on any atom is 0.157 e. The fraction of sp³-hybridized carbons (Fsp3) is 0.467. The number of fused-ring (bicyclic) bond motifs is 1. The maximum atomic E-state index is 5.27. The van der Waals surface area contributed by atoms with E-state index in [1.807, 2.05) is 6.08 Å². The molecule has 0 spiro atoms. The van der Waals surface area contributed by atoms with Gasteiger partial charge in [-0.15, -0.1) is 0 Å². The lowest BCUT2D eigenvalue weighted by atomic mass is 10.0. The SMILES string of the molecule is COC1=CC2=C=CN([Si](C)(C)C(C)(C)C)[C]2C=C1. The second-order valence-electron chi connectivity index (χ2n) is 6.34. The molecular weight excluding hydrogens is 238 g/mol. The van der Waals surface area contributed by atoms with Crippen LogP contribution in [0.2, 0.25) is 18.1 Å². The lowest BCUT2D eigenvalue weighted by molar-refractivity contribution is 0.305. The maximum absolute atomic E-state index is 5.27. The number of rotatable bonds is 2. The van der Waals surface area contributed by atoms with Gasteiger partial charge in [0, 0.05) is 11.8 Å². The van der Waals surface area contributed by atoms with Crippen LogP contribution in [0.4, 0.5) is 0 Å². The molecule has 1 aliphatic carbocycles. The van der Waals surface area contributed by atoms with E-state index in [0.717, 1.165) is 11.3 Å². The van der Waals surface area contributed by atoms with Crippen LogP contribution in [-0.2, 0) is 4.74 Å². The van der Waals surface area contributed by atoms with Gasteiger partial charge < -0.3 is 9.30 Å². The molecule has 0 fully saturated rings. The van der Waals surface area contributed by atoms with Gasteiger partial charge in [-0.3, -0.25) is 0 Å². The Bertz CT molecular complexity index is 473. The van der Waals surface area contributed by atoms with Crippen LogP contribution < -0.4 is 0 Å². The van der Waals surface area contributed by atoms with Gasteiger partial charge in [0.1, 0.15) is 11.8 Å². The zero-order chi connectivity index (χ0) is 13.6. The van der Waals surface area contributed by atoms with Crippen molar-refractivity contribution in [2.24, 2.45) is 0 Å². The molecule has 2 rings (SSSR count). The monoisotopic (exact) mass is 260 g/mol. The number of methoxy groups -OCH3 is 1. The van der Waals surface area contributed by atoms with Crippen LogP contribution in [0.25, 0.3) is 0 Å². The number of hydrogen-bond donors (Lipinski definition) is 0. The molecule has 0 aromatic carbocycles. The third kappa shape index (κ3) is 1.98. The van der Waals surface area contributed by atoms with Gasteiger partial charge in [-0.2, -0.15) is 0 Å². The van der Waals surface area contributed by atoms with Crippen LogP contribution in [0.5, 0.6) is 0 Å². The highest BCUT2D eigenvalue weighted by atomic mass is 28.3. The molecule has 3 heteroatoms. The molecule has 0 unspecified atom stereocenters. The average molecular weight is 260 g/mol. The zero-order valence-corrected chi connectivity index (χ0v) is 13.2. The highest BCUT2D eigenvalue weighted by Gasteiger charge is 2.44. The van der Waals surface area contributed by atoms with Crippen molar-refractivity contribution in [2.75, 3.05) is 7.11 Å². The van der Waals surface area contributed by atoms with Crippen molar-refractivity contribution in [2.45, 2.75) is 38.9 Å². The van der Waals surface area contributed by atoms with Gasteiger partial charge in [-0.05, 0) is 23.3 Å². The molecule has 2 nitrogen and oxygen atoms in total. The van der Waals surface area contributed by atoms with Crippen molar-refractivity contribution in [3.05, 3.63) is 47.5 Å². The normalized spacial score (nSPS) is 19.8. The van der Waals surface area contributed by atoms with Gasteiger partial charge in [0.25, 0.3) is 0 Å². The predicted molar refractivity (Wildman–Crippen MR) is 78.1 cm³/mol. The van der Waals surface area contributed by atoms with E-state index in [2.05, 4.69) is 62.5 Å². The van der Waals surface area contributed by atoms with Crippen LogP contribution in [0.1, 0.15) is 20.8 Å². The summed E-state index contributed by atoms with van der Waals surface area (Å²) in [7, 11) is 0.124. The number of nitrogens with zero attached hydrogens (tertiary/aromatic N) is 1. The van der Waals surface area contributed by atoms with Crippen LogP contribution >= 0.6 is 0 Å². The van der Waals surface area contributed by atoms with E-state index in [4.69, 9.17) is 4.74 Å². The quantitative estimate of drug-likeness (QED) is 0.550. The molecule has 97 valence electrons. The molecule has 1 heterocycles. The third-order valence-corrected chi connectivity index (χ3v) is 9.50. The largest absolute Gasteiger partial charge is 0.497 e. The molecule has 2 aliphatic rings. The second kappa shape index (κ2) is 4.18. The Morgan fingerprint density at radius 1 is 1.22 bits per heavy atom. The Kier molecular flexibility index (Phi) is 3.08. The number of ether oxygens (including phenoxy) is 1. The van der Waals surface area contributed by atoms with Crippen LogP contribution in [0, 0.1) is 6.04 Å². The molecule has 0 amide bonds. The smallest absolute Gasteiger partial charge is 0.157 e. The van der Waals surface area contributed by atoms with Crippen LogP contribution in [-0.4, -0.2) is 19.9 Å². The van der Waals surface area contributed by atoms with Gasteiger partial charge in [0.05, 0.1) is 7.11 Å². The summed E-state index contributed by atoms with van der Waals surface area (Å²) in [4.78, 5) is 0. The summed E-state index contributed by atoms with van der Waals surface area (Å²) in [6.45, 7) is 11.8. The van der Waals surface area contributed by atoms with E-state index in [0.29, 0.717) is 5.04 Å². The fourth-order valence-corrected chi connectivity index (χ4v) is 3.90. The molecule has 1 radical (unpaired) electrons. The van der Waals surface area contributed by atoms with E-state index in [9.17, 15) is 0 Å². The summed E-state index contributed by atoms with van der Waals surface area (Å²) in [5.74, 6) is 0.895. The topological polar surface area (TPSA) is 12.5 Å². The Balaban J connectivity index is 2.28. The van der Waals surface area contributed by atoms with Crippen LogP contribution in [0.3, 0.4) is 0 Å². The predicted octanol–water partition coefficient (Wildman–Crippen LogP) is 3.98. The first-order valence-electron chi connectivity index (χ1n) is 6.34. The zero-order valence-electron chi connectivity index (χ0n) is 12.2. The molecule has 0 bridgehead atoms.